The summed E-state index contributed by atoms with van der Waals surface area (Å²) >= 11 is 0. The van der Waals surface area contributed by atoms with Gasteiger partial charge in [-0.05, 0) is 35.8 Å². The number of amides is 1. The highest BCUT2D eigenvalue weighted by atomic mass is 16.5. The summed E-state index contributed by atoms with van der Waals surface area (Å²) in [4.78, 5) is 26.1. The number of carbonyl (C=O) groups is 2. The van der Waals surface area contributed by atoms with E-state index in [1.165, 1.54) is 11.0 Å². The van der Waals surface area contributed by atoms with Crippen LogP contribution in [-0.2, 0) is 5.41 Å². The Bertz CT molecular complexity index is 919. The average molecular weight is 395 g/mol. The molecule has 0 N–H and O–H groups in total. The molecule has 0 bridgehead atoms. The fourth-order valence-corrected chi connectivity index (χ4v) is 2.94. The lowest BCUT2D eigenvalue weighted by Crippen LogP contribution is -2.21. The van der Waals surface area contributed by atoms with E-state index in [2.05, 4.69) is 20.8 Å². The minimum Gasteiger partial charge on any atom is -0.496 e. The predicted molar refractivity (Wildman–Crippen MR) is 116 cm³/mol. The van der Waals surface area contributed by atoms with Gasteiger partial charge in [-0.15, -0.1) is 0 Å². The molecule has 29 heavy (non-hydrogen) atoms. The van der Waals surface area contributed by atoms with Crippen molar-refractivity contribution >= 4 is 17.8 Å². The van der Waals surface area contributed by atoms with E-state index in [1.807, 2.05) is 12.1 Å². The van der Waals surface area contributed by atoms with Crippen LogP contribution in [0.5, 0.6) is 11.5 Å². The molecule has 0 saturated carbocycles. The molecule has 0 unspecified atom stereocenters. The van der Waals surface area contributed by atoms with Gasteiger partial charge in [0.2, 0.25) is 0 Å². The number of hydrogen-bond acceptors (Lipinski definition) is 4. The molecule has 0 aromatic heterocycles. The fraction of sp³-hybridized carbons (Fsp3) is 0.333. The summed E-state index contributed by atoms with van der Waals surface area (Å²) < 4.78 is 11.0. The van der Waals surface area contributed by atoms with Gasteiger partial charge in [0.15, 0.2) is 5.78 Å². The third-order valence-corrected chi connectivity index (χ3v) is 4.60. The molecule has 154 valence electrons. The van der Waals surface area contributed by atoms with Crippen LogP contribution in [0.15, 0.2) is 42.5 Å². The van der Waals surface area contributed by atoms with Crippen molar-refractivity contribution in [2.45, 2.75) is 26.2 Å². The number of ketones is 1. The van der Waals surface area contributed by atoms with Crippen LogP contribution in [0, 0.1) is 0 Å². The number of nitrogens with zero attached hydrogens (tertiary/aromatic N) is 1. The van der Waals surface area contributed by atoms with Crippen molar-refractivity contribution in [1.29, 1.82) is 0 Å². The molecule has 2 aromatic carbocycles. The number of carbonyl (C=O) groups excluding carboxylic acids is 2. The van der Waals surface area contributed by atoms with Gasteiger partial charge in [-0.25, -0.2) is 0 Å². The number of benzene rings is 2. The molecule has 0 aliphatic carbocycles. The fourth-order valence-electron chi connectivity index (χ4n) is 2.94. The maximum atomic E-state index is 12.6. The number of hydrogen-bond donors (Lipinski definition) is 0. The van der Waals surface area contributed by atoms with E-state index in [0.717, 1.165) is 16.9 Å². The van der Waals surface area contributed by atoms with Crippen molar-refractivity contribution in [2.24, 2.45) is 0 Å². The quantitative estimate of drug-likeness (QED) is 0.530. The van der Waals surface area contributed by atoms with Crippen molar-refractivity contribution < 1.29 is 19.1 Å². The third kappa shape index (κ3) is 5.25. The maximum Gasteiger partial charge on any atom is 0.253 e. The van der Waals surface area contributed by atoms with Crippen molar-refractivity contribution in [1.82, 2.24) is 4.90 Å². The van der Waals surface area contributed by atoms with Crippen molar-refractivity contribution in [3.05, 3.63) is 64.7 Å². The van der Waals surface area contributed by atoms with Crippen molar-refractivity contribution in [3.8, 4) is 11.5 Å². The molecule has 0 saturated heterocycles. The van der Waals surface area contributed by atoms with Gasteiger partial charge in [0.25, 0.3) is 5.91 Å². The van der Waals surface area contributed by atoms with Gasteiger partial charge in [-0.3, -0.25) is 9.59 Å². The first-order chi connectivity index (χ1) is 13.6. The minimum atomic E-state index is -0.149. The monoisotopic (exact) mass is 395 g/mol. The first-order valence-electron chi connectivity index (χ1n) is 9.39. The standard InChI is InChI=1S/C24H29NO4/c1-24(2,3)19-14-18(21(28-6)15-22(19)29-7)12-13-20(26)16-8-10-17(11-9-16)23(27)25(4)5/h8-15H,1-7H3/b13-12+. The van der Waals surface area contributed by atoms with Gasteiger partial charge in [0, 0.05) is 42.4 Å². The Kier molecular flexibility index (Phi) is 6.85. The summed E-state index contributed by atoms with van der Waals surface area (Å²) in [7, 11) is 6.61. The predicted octanol–water partition coefficient (Wildman–Crippen LogP) is 4.60. The summed E-state index contributed by atoms with van der Waals surface area (Å²) in [5.41, 5.74) is 2.76. The van der Waals surface area contributed by atoms with Gasteiger partial charge in [0.05, 0.1) is 14.2 Å². The van der Waals surface area contributed by atoms with Crippen LogP contribution in [0.25, 0.3) is 6.08 Å². The Morgan fingerprint density at radius 2 is 1.45 bits per heavy atom. The van der Waals surface area contributed by atoms with Gasteiger partial charge in [-0.2, -0.15) is 0 Å². The Morgan fingerprint density at radius 1 is 0.897 bits per heavy atom. The lowest BCUT2D eigenvalue weighted by Gasteiger charge is -2.23. The highest BCUT2D eigenvalue weighted by Gasteiger charge is 2.21. The van der Waals surface area contributed by atoms with E-state index in [1.54, 1.807) is 58.7 Å². The third-order valence-electron chi connectivity index (χ3n) is 4.60. The molecule has 1 amide bonds. The van der Waals surface area contributed by atoms with Crippen LogP contribution in [-0.4, -0.2) is 44.9 Å². The zero-order chi connectivity index (χ0) is 21.8. The number of allylic oxidation sites excluding steroid dienone is 1. The molecular formula is C24H29NO4. The second-order valence-corrected chi connectivity index (χ2v) is 8.02. The molecule has 0 heterocycles. The number of ether oxygens (including phenoxy) is 2. The Morgan fingerprint density at radius 3 is 1.93 bits per heavy atom. The highest BCUT2D eigenvalue weighted by molar-refractivity contribution is 6.07. The maximum absolute atomic E-state index is 12.6. The van der Waals surface area contributed by atoms with Crippen LogP contribution in [0.1, 0.15) is 52.6 Å². The smallest absolute Gasteiger partial charge is 0.253 e. The summed E-state index contributed by atoms with van der Waals surface area (Å²) in [5, 5.41) is 0. The van der Waals surface area contributed by atoms with Crippen LogP contribution in [0.4, 0.5) is 0 Å². The summed E-state index contributed by atoms with van der Waals surface area (Å²) in [5.74, 6) is 1.13. The molecule has 0 fully saturated rings. The lowest BCUT2D eigenvalue weighted by molar-refractivity contribution is 0.0827. The number of methoxy groups -OCH3 is 2. The number of rotatable bonds is 6. The highest BCUT2D eigenvalue weighted by Crippen LogP contribution is 2.37. The van der Waals surface area contributed by atoms with Crippen LogP contribution < -0.4 is 9.47 Å². The minimum absolute atomic E-state index is 0.0998. The zero-order valence-electron chi connectivity index (χ0n) is 18.2. The molecule has 5 heteroatoms. The Hall–Kier alpha value is -3.08. The molecule has 0 spiro atoms. The Balaban J connectivity index is 2.33. The summed E-state index contributed by atoms with van der Waals surface area (Å²) in [6.07, 6.45) is 3.26. The largest absolute Gasteiger partial charge is 0.496 e. The van der Waals surface area contributed by atoms with E-state index in [0.29, 0.717) is 16.9 Å². The van der Waals surface area contributed by atoms with Crippen LogP contribution in [0.2, 0.25) is 0 Å². The average Bonchev–Trinajstić information content (AvgIpc) is 2.69. The SMILES string of the molecule is COc1cc(OC)c(C(C)(C)C)cc1/C=C/C(=O)c1ccc(C(=O)N(C)C)cc1. The zero-order valence-corrected chi connectivity index (χ0v) is 18.2. The van der Waals surface area contributed by atoms with E-state index in [9.17, 15) is 9.59 Å². The second kappa shape index (κ2) is 8.95. The van der Waals surface area contributed by atoms with E-state index >= 15 is 0 Å². The van der Waals surface area contributed by atoms with Gasteiger partial charge in [0.1, 0.15) is 11.5 Å². The molecular weight excluding hydrogens is 366 g/mol. The summed E-state index contributed by atoms with van der Waals surface area (Å²) in [6, 6.07) is 10.5. The van der Waals surface area contributed by atoms with Gasteiger partial charge < -0.3 is 14.4 Å². The molecule has 0 aliphatic heterocycles. The lowest BCUT2D eigenvalue weighted by atomic mass is 9.85. The van der Waals surface area contributed by atoms with E-state index in [-0.39, 0.29) is 17.1 Å². The van der Waals surface area contributed by atoms with Gasteiger partial charge >= 0.3 is 0 Å². The Labute approximate surface area is 172 Å². The van der Waals surface area contributed by atoms with E-state index < -0.39 is 0 Å². The molecule has 2 aromatic rings. The molecule has 0 aliphatic rings. The van der Waals surface area contributed by atoms with E-state index in [4.69, 9.17) is 9.47 Å². The molecule has 5 nitrogen and oxygen atoms in total. The van der Waals surface area contributed by atoms with Gasteiger partial charge in [-0.1, -0.05) is 32.9 Å². The van der Waals surface area contributed by atoms with Crippen molar-refractivity contribution in [2.75, 3.05) is 28.3 Å². The normalized spacial score (nSPS) is 11.4. The molecule has 0 radical (unpaired) electrons. The molecule has 2 rings (SSSR count). The van der Waals surface area contributed by atoms with Crippen LogP contribution >= 0.6 is 0 Å². The molecule has 0 atom stereocenters. The first-order valence-corrected chi connectivity index (χ1v) is 9.39. The van der Waals surface area contributed by atoms with Crippen LogP contribution in [0.3, 0.4) is 0 Å². The van der Waals surface area contributed by atoms with Crippen molar-refractivity contribution in [3.63, 3.8) is 0 Å². The summed E-state index contributed by atoms with van der Waals surface area (Å²) in [6.45, 7) is 6.31. The second-order valence-electron chi connectivity index (χ2n) is 8.02. The first kappa shape index (κ1) is 22.2. The topological polar surface area (TPSA) is 55.8 Å².